The highest BCUT2D eigenvalue weighted by molar-refractivity contribution is 5.84. The number of carbonyl (C=O) groups excluding carboxylic acids is 2. The number of anilines is 2. The van der Waals surface area contributed by atoms with Crippen molar-refractivity contribution in [1.82, 2.24) is 4.90 Å². The molecule has 1 unspecified atom stereocenters. The van der Waals surface area contributed by atoms with Crippen molar-refractivity contribution in [3.63, 3.8) is 0 Å². The van der Waals surface area contributed by atoms with Gasteiger partial charge in [0, 0.05) is 38.5 Å². The van der Waals surface area contributed by atoms with Crippen LogP contribution in [0, 0.1) is 11.7 Å². The standard InChI is InChI=1S/C17H25FN2O2.C7H15NO.C2H6.C2H4.CH4O/c1-3-10-22-17(21)19-14-7-8-16(15(18)11-14)20-9-5-6-13(4-2)12-20;1-5-7(2,3)8(4)6-9;3*1-2/h7-8,11,13H,3-6,9-10,12H2,1-2H3,(H,19,21);6H,5H2,1-4H3;1-2H3;1-2H2;2H,1H3. The van der Waals surface area contributed by atoms with Crippen LogP contribution in [0.15, 0.2) is 31.4 Å². The molecular weight excluding hydrogens is 473 g/mol. The third-order valence-electron chi connectivity index (χ3n) is 6.05. The first kappa shape index (κ1) is 38.9. The van der Waals surface area contributed by atoms with Crippen LogP contribution in [-0.2, 0) is 9.53 Å². The normalized spacial score (nSPS) is 13.9. The van der Waals surface area contributed by atoms with Crippen molar-refractivity contribution in [3.8, 4) is 0 Å². The van der Waals surface area contributed by atoms with Gasteiger partial charge in [-0.2, -0.15) is 0 Å². The summed E-state index contributed by atoms with van der Waals surface area (Å²) in [6.07, 6.45) is 5.51. The molecule has 1 aliphatic heterocycles. The molecule has 1 aromatic carbocycles. The van der Waals surface area contributed by atoms with E-state index in [9.17, 15) is 14.0 Å². The lowest BCUT2D eigenvalue weighted by atomic mass is 9.95. The molecule has 0 aromatic heterocycles. The highest BCUT2D eigenvalue weighted by atomic mass is 19.1. The van der Waals surface area contributed by atoms with Crippen molar-refractivity contribution in [1.29, 1.82) is 0 Å². The molecule has 2 amide bonds. The molecule has 1 heterocycles. The van der Waals surface area contributed by atoms with Gasteiger partial charge in [-0.05, 0) is 63.6 Å². The minimum atomic E-state index is -0.544. The number of hydrogen-bond donors (Lipinski definition) is 2. The Morgan fingerprint density at radius 2 is 1.86 bits per heavy atom. The van der Waals surface area contributed by atoms with Crippen LogP contribution in [0.5, 0.6) is 0 Å². The van der Waals surface area contributed by atoms with Crippen LogP contribution in [0.25, 0.3) is 0 Å². The van der Waals surface area contributed by atoms with Gasteiger partial charge in [-0.1, -0.05) is 41.0 Å². The van der Waals surface area contributed by atoms with E-state index in [1.807, 2.05) is 34.6 Å². The highest BCUT2D eigenvalue weighted by Crippen LogP contribution is 2.28. The first-order valence-electron chi connectivity index (χ1n) is 13.3. The fourth-order valence-electron chi connectivity index (χ4n) is 3.20. The number of amides is 2. The summed E-state index contributed by atoms with van der Waals surface area (Å²) in [4.78, 5) is 25.5. The van der Waals surface area contributed by atoms with Gasteiger partial charge in [0.05, 0.1) is 12.3 Å². The molecule has 1 atom stereocenters. The van der Waals surface area contributed by atoms with E-state index >= 15 is 0 Å². The smallest absolute Gasteiger partial charge is 0.411 e. The largest absolute Gasteiger partial charge is 0.449 e. The second-order valence-corrected chi connectivity index (χ2v) is 8.67. The summed E-state index contributed by atoms with van der Waals surface area (Å²) in [7, 11) is 2.80. The number of carbonyl (C=O) groups is 2. The first-order valence-corrected chi connectivity index (χ1v) is 13.3. The number of aliphatic hydroxyl groups is 1. The summed E-state index contributed by atoms with van der Waals surface area (Å²) < 4.78 is 19.3. The van der Waals surface area contributed by atoms with Gasteiger partial charge in [-0.3, -0.25) is 10.1 Å². The lowest BCUT2D eigenvalue weighted by molar-refractivity contribution is -0.121. The number of benzene rings is 1. The van der Waals surface area contributed by atoms with Crippen molar-refractivity contribution in [3.05, 3.63) is 37.2 Å². The molecule has 2 rings (SSSR count). The molecular formula is C29H54FN3O4. The van der Waals surface area contributed by atoms with E-state index in [1.165, 1.54) is 12.5 Å². The summed E-state index contributed by atoms with van der Waals surface area (Å²) in [6, 6.07) is 4.82. The van der Waals surface area contributed by atoms with Crippen molar-refractivity contribution < 1.29 is 23.8 Å². The van der Waals surface area contributed by atoms with Crippen LogP contribution in [0.1, 0.15) is 80.6 Å². The van der Waals surface area contributed by atoms with Gasteiger partial charge in [0.15, 0.2) is 0 Å². The Hall–Kier alpha value is -2.61. The Bertz CT molecular complexity index is 716. The van der Waals surface area contributed by atoms with E-state index < -0.39 is 6.09 Å². The lowest BCUT2D eigenvalue weighted by Gasteiger charge is -2.34. The molecule has 37 heavy (non-hydrogen) atoms. The van der Waals surface area contributed by atoms with Gasteiger partial charge in [-0.15, -0.1) is 13.2 Å². The number of rotatable bonds is 8. The van der Waals surface area contributed by atoms with Crippen molar-refractivity contribution in [2.75, 3.05) is 44.1 Å². The van der Waals surface area contributed by atoms with Gasteiger partial charge in [-0.25, -0.2) is 9.18 Å². The molecule has 0 radical (unpaired) electrons. The first-order chi connectivity index (χ1) is 17.7. The summed E-state index contributed by atoms with van der Waals surface area (Å²) in [5.74, 6) is 0.333. The molecule has 0 bridgehead atoms. The van der Waals surface area contributed by atoms with Crippen LogP contribution in [0.3, 0.4) is 0 Å². The minimum Gasteiger partial charge on any atom is -0.449 e. The minimum absolute atomic E-state index is 0.0156. The average molecular weight is 528 g/mol. The SMILES string of the molecule is C=C.CC.CCC(C)(C)N(C)C=O.CCCOC(=O)Nc1ccc(N2CCCC(CC)C2)c(F)c1.CO. The monoisotopic (exact) mass is 527 g/mol. The van der Waals surface area contributed by atoms with E-state index in [1.54, 1.807) is 24.1 Å². The van der Waals surface area contributed by atoms with Crippen molar-refractivity contribution in [2.24, 2.45) is 5.92 Å². The second-order valence-electron chi connectivity index (χ2n) is 8.67. The zero-order valence-corrected chi connectivity index (χ0v) is 24.9. The molecule has 1 aromatic rings. The number of hydrogen-bond acceptors (Lipinski definition) is 5. The summed E-state index contributed by atoms with van der Waals surface area (Å²) in [5.41, 5.74) is 1.05. The summed E-state index contributed by atoms with van der Waals surface area (Å²) in [6.45, 7) is 22.4. The van der Waals surface area contributed by atoms with E-state index in [0.29, 0.717) is 23.9 Å². The predicted octanol–water partition coefficient (Wildman–Crippen LogP) is 7.11. The number of aliphatic hydroxyl groups excluding tert-OH is 1. The maximum atomic E-state index is 14.3. The zero-order valence-electron chi connectivity index (χ0n) is 24.9. The number of piperidine rings is 1. The molecule has 1 fully saturated rings. The van der Waals surface area contributed by atoms with Gasteiger partial charge in [0.25, 0.3) is 0 Å². The van der Waals surface area contributed by atoms with Crippen LogP contribution >= 0.6 is 0 Å². The van der Waals surface area contributed by atoms with Gasteiger partial charge < -0.3 is 19.6 Å². The van der Waals surface area contributed by atoms with E-state index in [4.69, 9.17) is 9.84 Å². The van der Waals surface area contributed by atoms with E-state index in [0.717, 1.165) is 52.3 Å². The second kappa shape index (κ2) is 23.8. The quantitative estimate of drug-likeness (QED) is 0.278. The maximum Gasteiger partial charge on any atom is 0.411 e. The van der Waals surface area contributed by atoms with Gasteiger partial charge in [0.2, 0.25) is 6.41 Å². The molecule has 0 saturated carbocycles. The Morgan fingerprint density at radius 3 is 2.30 bits per heavy atom. The van der Waals surface area contributed by atoms with Crippen LogP contribution in [0.4, 0.5) is 20.6 Å². The molecule has 1 aliphatic rings. The topological polar surface area (TPSA) is 82.1 Å². The molecule has 0 aliphatic carbocycles. The summed E-state index contributed by atoms with van der Waals surface area (Å²) in [5, 5.41) is 9.55. The summed E-state index contributed by atoms with van der Waals surface area (Å²) >= 11 is 0. The molecule has 7 nitrogen and oxygen atoms in total. The van der Waals surface area contributed by atoms with E-state index in [2.05, 4.69) is 37.2 Å². The van der Waals surface area contributed by atoms with Crippen LogP contribution in [0.2, 0.25) is 0 Å². The van der Waals surface area contributed by atoms with E-state index in [-0.39, 0.29) is 11.4 Å². The molecule has 2 N–H and O–H groups in total. The molecule has 1 saturated heterocycles. The lowest BCUT2D eigenvalue weighted by Crippen LogP contribution is -2.39. The Morgan fingerprint density at radius 1 is 1.27 bits per heavy atom. The Labute approximate surface area is 226 Å². The highest BCUT2D eigenvalue weighted by Gasteiger charge is 2.21. The van der Waals surface area contributed by atoms with Crippen molar-refractivity contribution in [2.45, 2.75) is 86.1 Å². The number of nitrogens with zero attached hydrogens (tertiary/aromatic N) is 2. The zero-order chi connectivity index (χ0) is 29.4. The Kier molecular flexibility index (Phi) is 25.0. The third-order valence-corrected chi connectivity index (χ3v) is 6.05. The number of nitrogens with one attached hydrogen (secondary N) is 1. The Balaban J connectivity index is -0.000000648. The fraction of sp³-hybridized carbons (Fsp3) is 0.655. The van der Waals surface area contributed by atoms with Crippen LogP contribution in [-0.4, -0.2) is 61.9 Å². The van der Waals surface area contributed by atoms with Gasteiger partial charge in [0.1, 0.15) is 5.82 Å². The average Bonchev–Trinajstić information content (AvgIpc) is 2.95. The fourth-order valence-corrected chi connectivity index (χ4v) is 3.20. The molecule has 0 spiro atoms. The predicted molar refractivity (Wildman–Crippen MR) is 156 cm³/mol. The molecule has 8 heteroatoms. The maximum absolute atomic E-state index is 14.3. The number of halogens is 1. The molecule has 216 valence electrons. The van der Waals surface area contributed by atoms with Gasteiger partial charge >= 0.3 is 6.09 Å². The van der Waals surface area contributed by atoms with Crippen LogP contribution < -0.4 is 10.2 Å². The number of ether oxygens (including phenoxy) is 1. The third kappa shape index (κ3) is 16.0. The van der Waals surface area contributed by atoms with Crippen molar-refractivity contribution >= 4 is 23.9 Å².